The summed E-state index contributed by atoms with van der Waals surface area (Å²) in [5, 5.41) is 11.7. The van der Waals surface area contributed by atoms with E-state index in [-0.39, 0.29) is 24.4 Å². The minimum absolute atomic E-state index is 0.0624. The molecule has 1 atom stereocenters. The lowest BCUT2D eigenvalue weighted by Crippen LogP contribution is -2.28. The second-order valence-electron chi connectivity index (χ2n) is 7.73. The van der Waals surface area contributed by atoms with Gasteiger partial charge < -0.3 is 14.8 Å². The molecular formula is C21H31N5O4. The predicted molar refractivity (Wildman–Crippen MR) is 110 cm³/mol. The summed E-state index contributed by atoms with van der Waals surface area (Å²) in [6.45, 7) is 6.81. The minimum Gasteiger partial charge on any atom is -0.462 e. The van der Waals surface area contributed by atoms with Crippen molar-refractivity contribution in [3.05, 3.63) is 34.9 Å². The normalized spacial score (nSPS) is 16.3. The summed E-state index contributed by atoms with van der Waals surface area (Å²) in [7, 11) is 1.75. The number of hydrogen-bond donors (Lipinski definition) is 1. The number of esters is 1. The fourth-order valence-electron chi connectivity index (χ4n) is 3.59. The first kappa shape index (κ1) is 22.0. The van der Waals surface area contributed by atoms with E-state index in [0.717, 1.165) is 30.5 Å². The molecule has 0 aliphatic carbocycles. The van der Waals surface area contributed by atoms with Gasteiger partial charge in [0.05, 0.1) is 24.1 Å². The molecule has 0 aromatic carbocycles. The number of aromatic nitrogens is 4. The highest BCUT2D eigenvalue weighted by Crippen LogP contribution is 2.21. The number of amides is 1. The maximum absolute atomic E-state index is 12.8. The molecule has 30 heavy (non-hydrogen) atoms. The van der Waals surface area contributed by atoms with Gasteiger partial charge in [-0.05, 0) is 38.5 Å². The van der Waals surface area contributed by atoms with E-state index < -0.39 is 0 Å². The van der Waals surface area contributed by atoms with Crippen LogP contribution in [0.5, 0.6) is 0 Å². The summed E-state index contributed by atoms with van der Waals surface area (Å²) in [4.78, 5) is 25.0. The number of nitrogens with zero attached hydrogens (tertiary/aromatic N) is 4. The third kappa shape index (κ3) is 5.47. The Morgan fingerprint density at radius 1 is 1.37 bits per heavy atom. The Morgan fingerprint density at radius 3 is 2.90 bits per heavy atom. The van der Waals surface area contributed by atoms with E-state index in [1.165, 1.54) is 6.20 Å². The van der Waals surface area contributed by atoms with Gasteiger partial charge in [0.15, 0.2) is 0 Å². The molecule has 3 heterocycles. The highest BCUT2D eigenvalue weighted by Gasteiger charge is 2.24. The topological polar surface area (TPSA) is 100 Å². The number of carbonyl (C=O) groups is 2. The lowest BCUT2D eigenvalue weighted by molar-refractivity contribution is 0.0448. The zero-order valence-corrected chi connectivity index (χ0v) is 18.0. The van der Waals surface area contributed by atoms with Gasteiger partial charge in [0.2, 0.25) is 0 Å². The van der Waals surface area contributed by atoms with E-state index >= 15 is 0 Å². The Morgan fingerprint density at radius 2 is 2.17 bits per heavy atom. The molecule has 0 saturated heterocycles. The molecule has 2 aromatic heterocycles. The van der Waals surface area contributed by atoms with Crippen molar-refractivity contribution in [2.75, 3.05) is 26.4 Å². The van der Waals surface area contributed by atoms with Crippen LogP contribution in [-0.4, -0.2) is 57.8 Å². The average Bonchev–Trinajstić information content (AvgIpc) is 3.30. The minimum atomic E-state index is -0.384. The summed E-state index contributed by atoms with van der Waals surface area (Å²) in [6.07, 6.45) is 6.13. The number of hydrogen-bond acceptors (Lipinski definition) is 6. The average molecular weight is 418 g/mol. The van der Waals surface area contributed by atoms with Crippen molar-refractivity contribution in [3.63, 3.8) is 0 Å². The summed E-state index contributed by atoms with van der Waals surface area (Å²) in [5.74, 6) is -0.402. The molecule has 0 fully saturated rings. The number of fused-ring (bicyclic) bond motifs is 1. The number of rotatable bonds is 6. The first-order valence-corrected chi connectivity index (χ1v) is 10.6. The van der Waals surface area contributed by atoms with Gasteiger partial charge in [0.1, 0.15) is 5.69 Å². The number of aryl methyl sites for hydroxylation is 2. The quantitative estimate of drug-likeness (QED) is 0.719. The molecular weight excluding hydrogens is 386 g/mol. The van der Waals surface area contributed by atoms with Gasteiger partial charge in [-0.25, -0.2) is 4.79 Å². The summed E-state index contributed by atoms with van der Waals surface area (Å²) in [5.41, 5.74) is 2.95. The number of ether oxygens (including phenoxy) is 2. The molecule has 1 aliphatic heterocycles. The van der Waals surface area contributed by atoms with Gasteiger partial charge in [-0.15, -0.1) is 0 Å². The zero-order valence-electron chi connectivity index (χ0n) is 18.0. The molecule has 1 aliphatic rings. The molecule has 0 spiro atoms. The second kappa shape index (κ2) is 10.4. The summed E-state index contributed by atoms with van der Waals surface area (Å²) in [6, 6.07) is 0. The van der Waals surface area contributed by atoms with Gasteiger partial charge in [-0.1, -0.05) is 6.92 Å². The van der Waals surface area contributed by atoms with Gasteiger partial charge in [0.25, 0.3) is 5.91 Å². The largest absolute Gasteiger partial charge is 0.462 e. The Kier molecular flexibility index (Phi) is 7.62. The molecule has 1 amide bonds. The van der Waals surface area contributed by atoms with E-state index in [2.05, 4.69) is 10.4 Å². The highest BCUT2D eigenvalue weighted by atomic mass is 16.5. The van der Waals surface area contributed by atoms with Gasteiger partial charge in [0, 0.05) is 45.1 Å². The van der Waals surface area contributed by atoms with Crippen LogP contribution in [0, 0.1) is 5.92 Å². The Balaban J connectivity index is 1.71. The standard InChI is InChI=1S/C21H31N5O4/c1-4-26-19-17(7-5-9-29-10-6-8-22-20(19)27)18(24-26)11-15(2)14-30-21(28)16-12-23-25(3)13-16/h12-13,15H,4-11,14H2,1-3H3,(H,22,27)/t15-/m1/s1. The molecule has 2 aromatic rings. The molecule has 0 unspecified atom stereocenters. The van der Waals surface area contributed by atoms with Gasteiger partial charge in [-0.2, -0.15) is 10.2 Å². The number of nitrogens with one attached hydrogen (secondary N) is 1. The Labute approximate surface area is 176 Å². The third-order valence-electron chi connectivity index (χ3n) is 5.10. The molecule has 164 valence electrons. The van der Waals surface area contributed by atoms with Crippen LogP contribution in [0.3, 0.4) is 0 Å². The first-order valence-electron chi connectivity index (χ1n) is 10.6. The van der Waals surface area contributed by atoms with E-state index in [9.17, 15) is 9.59 Å². The van der Waals surface area contributed by atoms with E-state index in [4.69, 9.17) is 14.6 Å². The second-order valence-corrected chi connectivity index (χ2v) is 7.73. The van der Waals surface area contributed by atoms with Crippen molar-refractivity contribution in [1.82, 2.24) is 24.9 Å². The lowest BCUT2D eigenvalue weighted by atomic mass is 9.99. The van der Waals surface area contributed by atoms with Crippen molar-refractivity contribution in [1.29, 1.82) is 0 Å². The monoisotopic (exact) mass is 417 g/mol. The fourth-order valence-corrected chi connectivity index (χ4v) is 3.59. The van der Waals surface area contributed by atoms with Crippen LogP contribution in [-0.2, 0) is 35.9 Å². The first-order chi connectivity index (χ1) is 14.5. The lowest BCUT2D eigenvalue weighted by Gasteiger charge is -2.12. The highest BCUT2D eigenvalue weighted by molar-refractivity contribution is 5.94. The molecule has 9 nitrogen and oxygen atoms in total. The van der Waals surface area contributed by atoms with Crippen molar-refractivity contribution in [2.45, 2.75) is 46.1 Å². The maximum atomic E-state index is 12.8. The van der Waals surface area contributed by atoms with Crippen molar-refractivity contribution >= 4 is 11.9 Å². The molecule has 3 rings (SSSR count). The van der Waals surface area contributed by atoms with Crippen molar-refractivity contribution in [2.24, 2.45) is 13.0 Å². The fraction of sp³-hybridized carbons (Fsp3) is 0.619. The molecule has 0 saturated carbocycles. The van der Waals surface area contributed by atoms with Crippen LogP contribution in [0.15, 0.2) is 12.4 Å². The van der Waals surface area contributed by atoms with Crippen molar-refractivity contribution in [3.8, 4) is 0 Å². The Hall–Kier alpha value is -2.68. The van der Waals surface area contributed by atoms with Crippen LogP contribution in [0.2, 0.25) is 0 Å². The van der Waals surface area contributed by atoms with E-state index in [0.29, 0.717) is 44.0 Å². The SMILES string of the molecule is CCn1nc(C[C@@H](C)COC(=O)c2cnn(C)c2)c2c1C(=O)NCCCOCCC2. The molecule has 1 N–H and O–H groups in total. The van der Waals surface area contributed by atoms with Crippen LogP contribution < -0.4 is 5.32 Å². The van der Waals surface area contributed by atoms with Crippen LogP contribution in [0.1, 0.15) is 58.8 Å². The van der Waals surface area contributed by atoms with E-state index in [1.807, 2.05) is 13.8 Å². The summed E-state index contributed by atoms with van der Waals surface area (Å²) < 4.78 is 14.4. The smallest absolute Gasteiger partial charge is 0.341 e. The summed E-state index contributed by atoms with van der Waals surface area (Å²) >= 11 is 0. The third-order valence-corrected chi connectivity index (χ3v) is 5.10. The molecule has 0 bridgehead atoms. The van der Waals surface area contributed by atoms with E-state index in [1.54, 1.807) is 22.6 Å². The molecule has 0 radical (unpaired) electrons. The maximum Gasteiger partial charge on any atom is 0.341 e. The van der Waals surface area contributed by atoms with Crippen LogP contribution >= 0.6 is 0 Å². The van der Waals surface area contributed by atoms with Crippen molar-refractivity contribution < 1.29 is 19.1 Å². The Bertz CT molecular complexity index is 873. The predicted octanol–water partition coefficient (Wildman–Crippen LogP) is 1.75. The van der Waals surface area contributed by atoms with Crippen LogP contribution in [0.25, 0.3) is 0 Å². The van der Waals surface area contributed by atoms with Gasteiger partial charge in [-0.3, -0.25) is 14.2 Å². The van der Waals surface area contributed by atoms with Gasteiger partial charge >= 0.3 is 5.97 Å². The number of carbonyl (C=O) groups excluding carboxylic acids is 2. The molecule has 9 heteroatoms. The van der Waals surface area contributed by atoms with Crippen LogP contribution in [0.4, 0.5) is 0 Å². The zero-order chi connectivity index (χ0) is 21.5.